The van der Waals surface area contributed by atoms with Crippen LogP contribution in [0.3, 0.4) is 0 Å². The van der Waals surface area contributed by atoms with E-state index in [4.69, 9.17) is 16.3 Å². The van der Waals surface area contributed by atoms with Crippen LogP contribution in [0.15, 0.2) is 34.6 Å². The first-order valence-corrected chi connectivity index (χ1v) is 7.88. The van der Waals surface area contributed by atoms with Crippen LogP contribution in [0, 0.1) is 6.92 Å². The number of carbonyl (C=O) groups excluding carboxylic acids is 1. The van der Waals surface area contributed by atoms with E-state index in [1.54, 1.807) is 30.6 Å². The zero-order chi connectivity index (χ0) is 16.6. The van der Waals surface area contributed by atoms with E-state index in [2.05, 4.69) is 10.3 Å². The summed E-state index contributed by atoms with van der Waals surface area (Å²) < 4.78 is 6.45. The van der Waals surface area contributed by atoms with Crippen LogP contribution in [0.1, 0.15) is 16.1 Å². The maximum Gasteiger partial charge on any atom is 0.282 e. The molecule has 1 N–H and O–H groups in total. The van der Waals surface area contributed by atoms with Crippen LogP contribution < -0.4 is 15.6 Å². The minimum atomic E-state index is -0.438. The van der Waals surface area contributed by atoms with Crippen LogP contribution in [0.5, 0.6) is 5.75 Å². The van der Waals surface area contributed by atoms with Gasteiger partial charge in [-0.15, -0.1) is 11.3 Å². The fourth-order valence-corrected chi connectivity index (χ4v) is 3.13. The number of aromatic nitrogens is 2. The van der Waals surface area contributed by atoms with Gasteiger partial charge in [0.1, 0.15) is 11.4 Å². The molecule has 0 aliphatic rings. The van der Waals surface area contributed by atoms with E-state index < -0.39 is 5.91 Å². The average Bonchev–Trinajstić information content (AvgIpc) is 2.99. The highest BCUT2D eigenvalue weighted by molar-refractivity contribution is 7.15. The third-order valence-corrected chi connectivity index (χ3v) is 4.35. The topological polar surface area (TPSA) is 72.7 Å². The number of aryl methyl sites for hydroxylation is 1. The number of amides is 1. The molecule has 0 radical (unpaired) electrons. The number of fused-ring (bicyclic) bond motifs is 1. The number of halogens is 1. The van der Waals surface area contributed by atoms with Crippen molar-refractivity contribution in [2.24, 2.45) is 0 Å². The zero-order valence-electron chi connectivity index (χ0n) is 12.3. The fraction of sp³-hybridized carbons (Fsp3) is 0.133. The van der Waals surface area contributed by atoms with Crippen molar-refractivity contribution in [1.82, 2.24) is 9.38 Å². The number of methoxy groups -OCH3 is 1. The maximum atomic E-state index is 12.4. The molecular weight excluding hydrogens is 338 g/mol. The Labute approximate surface area is 140 Å². The van der Waals surface area contributed by atoms with E-state index in [0.717, 1.165) is 0 Å². The molecule has 0 atom stereocenters. The fourth-order valence-electron chi connectivity index (χ4n) is 2.12. The van der Waals surface area contributed by atoms with Crippen LogP contribution in [0.4, 0.5) is 5.69 Å². The molecule has 0 saturated carbocycles. The lowest BCUT2D eigenvalue weighted by atomic mass is 10.2. The average molecular weight is 350 g/mol. The predicted molar refractivity (Wildman–Crippen MR) is 90.0 cm³/mol. The Bertz CT molecular complexity index is 964. The lowest BCUT2D eigenvalue weighted by molar-refractivity contribution is 0.102. The minimum Gasteiger partial charge on any atom is -0.495 e. The van der Waals surface area contributed by atoms with Crippen LogP contribution in [-0.4, -0.2) is 22.4 Å². The molecule has 2 heterocycles. The van der Waals surface area contributed by atoms with Crippen LogP contribution in [0.2, 0.25) is 5.02 Å². The van der Waals surface area contributed by atoms with Crippen LogP contribution in [-0.2, 0) is 0 Å². The van der Waals surface area contributed by atoms with E-state index >= 15 is 0 Å². The van der Waals surface area contributed by atoms with Crippen molar-refractivity contribution < 1.29 is 9.53 Å². The third-order valence-electron chi connectivity index (χ3n) is 3.30. The van der Waals surface area contributed by atoms with Gasteiger partial charge in [0.2, 0.25) is 0 Å². The first-order chi connectivity index (χ1) is 11.0. The van der Waals surface area contributed by atoms with Gasteiger partial charge in [0.05, 0.1) is 17.8 Å². The zero-order valence-corrected chi connectivity index (χ0v) is 13.9. The molecule has 0 saturated heterocycles. The van der Waals surface area contributed by atoms with Gasteiger partial charge in [-0.05, 0) is 25.1 Å². The molecule has 0 fully saturated rings. The second kappa shape index (κ2) is 6.02. The summed E-state index contributed by atoms with van der Waals surface area (Å²) in [5.74, 6) is 0.0348. The van der Waals surface area contributed by atoms with Gasteiger partial charge in [0.15, 0.2) is 4.96 Å². The molecule has 8 heteroatoms. The molecule has 6 nitrogen and oxygen atoms in total. The number of carbonyl (C=O) groups is 1. The smallest absolute Gasteiger partial charge is 0.282 e. The van der Waals surface area contributed by atoms with E-state index in [0.29, 0.717) is 27.0 Å². The number of hydrogen-bond donors (Lipinski definition) is 1. The van der Waals surface area contributed by atoms with Gasteiger partial charge < -0.3 is 10.1 Å². The number of anilines is 1. The summed E-state index contributed by atoms with van der Waals surface area (Å²) in [4.78, 5) is 29.7. The van der Waals surface area contributed by atoms with Gasteiger partial charge in [-0.3, -0.25) is 14.0 Å². The summed E-state index contributed by atoms with van der Waals surface area (Å²) in [6.07, 6.45) is 1.62. The largest absolute Gasteiger partial charge is 0.495 e. The first-order valence-electron chi connectivity index (χ1n) is 6.62. The molecule has 0 unspecified atom stereocenters. The summed E-state index contributed by atoms with van der Waals surface area (Å²) in [6.45, 7) is 1.68. The Hall–Kier alpha value is -2.38. The number of nitrogens with one attached hydrogen (secondary N) is 1. The first kappa shape index (κ1) is 15.5. The Morgan fingerprint density at radius 3 is 2.91 bits per heavy atom. The standard InChI is InChI=1S/C15H12ClN3O3S/c1-8-12(14(21)19-5-6-23-15(19)17-8)18-13(20)9-3-4-11(22-2)10(16)7-9/h3-7H,1-2H3,(H,18,20). The van der Waals surface area contributed by atoms with Crippen molar-refractivity contribution in [3.63, 3.8) is 0 Å². The van der Waals surface area contributed by atoms with E-state index in [1.165, 1.54) is 28.9 Å². The van der Waals surface area contributed by atoms with Crippen molar-refractivity contribution in [3.8, 4) is 5.75 Å². The predicted octanol–water partition coefficient (Wildman–Crippen LogP) is 2.98. The third kappa shape index (κ3) is 2.80. The highest BCUT2D eigenvalue weighted by atomic mass is 35.5. The number of benzene rings is 1. The quantitative estimate of drug-likeness (QED) is 0.789. The van der Waals surface area contributed by atoms with Gasteiger partial charge in [-0.25, -0.2) is 4.98 Å². The highest BCUT2D eigenvalue weighted by Crippen LogP contribution is 2.25. The second-order valence-corrected chi connectivity index (χ2v) is 6.02. The molecule has 0 aliphatic carbocycles. The molecule has 0 aliphatic heterocycles. The number of ether oxygens (including phenoxy) is 1. The van der Waals surface area contributed by atoms with E-state index in [-0.39, 0.29) is 11.2 Å². The Morgan fingerprint density at radius 1 is 1.43 bits per heavy atom. The highest BCUT2D eigenvalue weighted by Gasteiger charge is 2.15. The second-order valence-electron chi connectivity index (χ2n) is 4.74. The molecular formula is C15H12ClN3O3S. The minimum absolute atomic E-state index is 0.151. The van der Waals surface area contributed by atoms with Crippen LogP contribution >= 0.6 is 22.9 Å². The Kier molecular flexibility index (Phi) is 4.06. The number of thiazole rings is 1. The molecule has 0 spiro atoms. The van der Waals surface area contributed by atoms with Crippen molar-refractivity contribution >= 4 is 39.5 Å². The molecule has 23 heavy (non-hydrogen) atoms. The monoisotopic (exact) mass is 349 g/mol. The molecule has 0 bridgehead atoms. The number of rotatable bonds is 3. The normalized spacial score (nSPS) is 10.7. The lowest BCUT2D eigenvalue weighted by Gasteiger charge is -2.09. The molecule has 3 rings (SSSR count). The summed E-state index contributed by atoms with van der Waals surface area (Å²) in [5, 5.41) is 4.69. The van der Waals surface area contributed by atoms with Gasteiger partial charge in [0, 0.05) is 17.1 Å². The molecule has 3 aromatic rings. The Morgan fingerprint density at radius 2 is 2.22 bits per heavy atom. The Balaban J connectivity index is 1.97. The van der Waals surface area contributed by atoms with Gasteiger partial charge >= 0.3 is 0 Å². The molecule has 2 aromatic heterocycles. The molecule has 1 amide bonds. The summed E-state index contributed by atoms with van der Waals surface area (Å²) in [7, 11) is 1.49. The van der Waals surface area contributed by atoms with Gasteiger partial charge in [0.25, 0.3) is 11.5 Å². The van der Waals surface area contributed by atoms with Crippen LogP contribution in [0.25, 0.3) is 4.96 Å². The van der Waals surface area contributed by atoms with Crippen molar-refractivity contribution in [3.05, 3.63) is 56.4 Å². The SMILES string of the molecule is COc1ccc(C(=O)Nc2c(C)nc3sccn3c2=O)cc1Cl. The number of nitrogens with zero attached hydrogens (tertiary/aromatic N) is 2. The van der Waals surface area contributed by atoms with Gasteiger partial charge in [-0.2, -0.15) is 0 Å². The summed E-state index contributed by atoms with van der Waals surface area (Å²) >= 11 is 7.37. The molecule has 118 valence electrons. The van der Waals surface area contributed by atoms with Crippen molar-refractivity contribution in [1.29, 1.82) is 0 Å². The molecule has 1 aromatic carbocycles. The summed E-state index contributed by atoms with van der Waals surface area (Å²) in [6, 6.07) is 4.65. The van der Waals surface area contributed by atoms with E-state index in [9.17, 15) is 9.59 Å². The van der Waals surface area contributed by atoms with Crippen molar-refractivity contribution in [2.75, 3.05) is 12.4 Å². The van der Waals surface area contributed by atoms with Gasteiger partial charge in [-0.1, -0.05) is 11.6 Å². The lowest BCUT2D eigenvalue weighted by Crippen LogP contribution is -2.24. The van der Waals surface area contributed by atoms with Crippen molar-refractivity contribution in [2.45, 2.75) is 6.92 Å². The maximum absolute atomic E-state index is 12.4. The number of hydrogen-bond acceptors (Lipinski definition) is 5. The summed E-state index contributed by atoms with van der Waals surface area (Å²) in [5.41, 5.74) is 0.620. The van der Waals surface area contributed by atoms with E-state index in [1.807, 2.05) is 0 Å².